The summed E-state index contributed by atoms with van der Waals surface area (Å²) in [5, 5.41) is 2.49. The molecule has 0 radical (unpaired) electrons. The van der Waals surface area contributed by atoms with Gasteiger partial charge in [-0.3, -0.25) is 5.32 Å². The van der Waals surface area contributed by atoms with E-state index in [1.807, 2.05) is 0 Å². The minimum atomic E-state index is -5.38. The lowest BCUT2D eigenvalue weighted by molar-refractivity contribution is -0.236. The lowest BCUT2D eigenvalue weighted by Gasteiger charge is -2.57. The molecule has 0 aromatic carbocycles. The molecule has 2 fully saturated rings. The van der Waals surface area contributed by atoms with Gasteiger partial charge in [-0.05, 0) is 18.9 Å². The van der Waals surface area contributed by atoms with Crippen molar-refractivity contribution < 1.29 is 53.8 Å². The van der Waals surface area contributed by atoms with Crippen LogP contribution in [0.4, 0.5) is 39.5 Å². The number of ether oxygens (including phenoxy) is 2. The van der Waals surface area contributed by atoms with Gasteiger partial charge in [0, 0.05) is 18.0 Å². The van der Waals surface area contributed by atoms with Crippen molar-refractivity contribution in [2.24, 2.45) is 5.41 Å². The Morgan fingerprint density at radius 3 is 2.10 bits per heavy atom. The molecule has 5 nitrogen and oxygen atoms in total. The van der Waals surface area contributed by atoms with Crippen LogP contribution in [0.1, 0.15) is 24.1 Å². The molecule has 1 saturated heterocycles. The van der Waals surface area contributed by atoms with Crippen LogP contribution in [0.15, 0.2) is 12.1 Å². The maximum atomic E-state index is 12.9. The first-order valence-electron chi connectivity index (χ1n) is 7.95. The predicted octanol–water partition coefficient (Wildman–Crippen LogP) is 3.68. The third-order valence-corrected chi connectivity index (χ3v) is 4.65. The monoisotopic (exact) mass is 438 g/mol. The highest BCUT2D eigenvalue weighted by Gasteiger charge is 2.60. The largest absolute Gasteiger partial charge is 0.490 e. The standard InChI is InChI=1S/C15H11F9N2O3/c16-13(17,18)7-1-2-8(26-9(7)14(19,20)21)28-6-3-12(4-6)5-25-10(12)29-11(27)15(22,23)24/h1-2,6,10,25H,3-5H2. The quantitative estimate of drug-likeness (QED) is 0.577. The van der Waals surface area contributed by atoms with Crippen molar-refractivity contribution in [3.05, 3.63) is 23.4 Å². The summed E-state index contributed by atoms with van der Waals surface area (Å²) in [6.07, 6.45) is -17.9. The van der Waals surface area contributed by atoms with Gasteiger partial charge in [-0.25, -0.2) is 9.78 Å². The van der Waals surface area contributed by atoms with Crippen molar-refractivity contribution in [1.82, 2.24) is 10.3 Å². The van der Waals surface area contributed by atoms with Crippen molar-refractivity contribution in [3.63, 3.8) is 0 Å². The van der Waals surface area contributed by atoms with Crippen LogP contribution in [0, 0.1) is 5.41 Å². The van der Waals surface area contributed by atoms with Crippen molar-refractivity contribution >= 4 is 5.97 Å². The van der Waals surface area contributed by atoms with E-state index >= 15 is 0 Å². The molecule has 2 aliphatic rings. The van der Waals surface area contributed by atoms with E-state index in [2.05, 4.69) is 15.0 Å². The summed E-state index contributed by atoms with van der Waals surface area (Å²) in [6, 6.07) is 0.821. The van der Waals surface area contributed by atoms with Gasteiger partial charge in [0.05, 0.1) is 5.56 Å². The Labute approximate surface area is 156 Å². The fraction of sp³-hybridized carbons (Fsp3) is 0.600. The second-order valence-corrected chi connectivity index (χ2v) is 6.72. The van der Waals surface area contributed by atoms with Gasteiger partial charge in [0.2, 0.25) is 5.88 Å². The Hall–Kier alpha value is -2.25. The van der Waals surface area contributed by atoms with Crippen LogP contribution in [0.25, 0.3) is 0 Å². The van der Waals surface area contributed by atoms with Crippen LogP contribution < -0.4 is 10.1 Å². The first-order valence-corrected chi connectivity index (χ1v) is 7.95. The van der Waals surface area contributed by atoms with E-state index in [1.165, 1.54) is 0 Å². The van der Waals surface area contributed by atoms with E-state index in [-0.39, 0.29) is 25.5 Å². The lowest BCUT2D eigenvalue weighted by Crippen LogP contribution is -2.71. The summed E-state index contributed by atoms with van der Waals surface area (Å²) >= 11 is 0. The van der Waals surface area contributed by atoms with Crippen molar-refractivity contribution in [2.45, 2.75) is 43.7 Å². The molecule has 1 aromatic rings. The van der Waals surface area contributed by atoms with Gasteiger partial charge in [0.25, 0.3) is 0 Å². The zero-order chi connectivity index (χ0) is 21.8. The molecular formula is C15H11F9N2O3. The second kappa shape index (κ2) is 6.64. The number of rotatable bonds is 3. The number of hydrogen-bond acceptors (Lipinski definition) is 5. The SMILES string of the molecule is O=C(OC1NCC12CC(Oc1ccc(C(F)(F)F)c(C(F)(F)F)n1)C2)C(F)(F)F. The minimum absolute atomic E-state index is 0.0137. The number of hydrogen-bond donors (Lipinski definition) is 1. The Morgan fingerprint density at radius 1 is 1.03 bits per heavy atom. The van der Waals surface area contributed by atoms with Crippen LogP contribution in [-0.4, -0.2) is 36.0 Å². The van der Waals surface area contributed by atoms with Gasteiger partial charge in [0.1, 0.15) is 6.10 Å². The molecule has 1 N–H and O–H groups in total. The highest BCUT2D eigenvalue weighted by Crippen LogP contribution is 2.50. The average Bonchev–Trinajstić information content (AvgIpc) is 2.51. The Balaban J connectivity index is 1.65. The number of carbonyl (C=O) groups is 1. The molecule has 14 heteroatoms. The van der Waals surface area contributed by atoms with Crippen molar-refractivity contribution in [3.8, 4) is 5.88 Å². The summed E-state index contributed by atoms with van der Waals surface area (Å²) in [5.41, 5.74) is -5.01. The minimum Gasteiger partial charge on any atom is -0.474 e. The van der Waals surface area contributed by atoms with E-state index in [0.717, 1.165) is 0 Å². The van der Waals surface area contributed by atoms with Gasteiger partial charge in [-0.1, -0.05) is 0 Å². The number of alkyl halides is 9. The van der Waals surface area contributed by atoms with Gasteiger partial charge < -0.3 is 9.47 Å². The lowest BCUT2D eigenvalue weighted by atomic mass is 9.61. The molecular weight excluding hydrogens is 427 g/mol. The molecule has 1 atom stereocenters. The predicted molar refractivity (Wildman–Crippen MR) is 74.3 cm³/mol. The summed E-state index contributed by atoms with van der Waals surface area (Å²) < 4.78 is 123. The van der Waals surface area contributed by atoms with Crippen LogP contribution in [0.3, 0.4) is 0 Å². The molecule has 0 bridgehead atoms. The van der Waals surface area contributed by atoms with Crippen LogP contribution in [-0.2, 0) is 21.9 Å². The average molecular weight is 438 g/mol. The zero-order valence-electron chi connectivity index (χ0n) is 14.0. The summed E-state index contributed by atoms with van der Waals surface area (Å²) in [5.74, 6) is -3.10. The van der Waals surface area contributed by atoms with E-state index in [0.29, 0.717) is 6.07 Å². The number of aromatic nitrogens is 1. The Kier molecular flexibility index (Phi) is 4.91. The first kappa shape index (κ1) is 21.5. The number of nitrogens with one attached hydrogen (secondary N) is 1. The molecule has 1 saturated carbocycles. The molecule has 1 spiro atoms. The van der Waals surface area contributed by atoms with Gasteiger partial charge in [-0.15, -0.1) is 0 Å². The third-order valence-electron chi connectivity index (χ3n) is 4.65. The van der Waals surface area contributed by atoms with E-state index < -0.39 is 59.4 Å². The number of carbonyl (C=O) groups excluding carboxylic acids is 1. The van der Waals surface area contributed by atoms with Crippen molar-refractivity contribution in [2.75, 3.05) is 6.54 Å². The van der Waals surface area contributed by atoms with Crippen LogP contribution >= 0.6 is 0 Å². The number of halogens is 9. The van der Waals surface area contributed by atoms with Gasteiger partial charge >= 0.3 is 24.5 Å². The zero-order valence-corrected chi connectivity index (χ0v) is 14.0. The highest BCUT2D eigenvalue weighted by atomic mass is 19.4. The number of nitrogens with zero attached hydrogens (tertiary/aromatic N) is 1. The van der Waals surface area contributed by atoms with E-state index in [1.54, 1.807) is 0 Å². The van der Waals surface area contributed by atoms with Crippen LogP contribution in [0.2, 0.25) is 0 Å². The molecule has 1 aliphatic heterocycles. The number of pyridine rings is 1. The Morgan fingerprint density at radius 2 is 1.66 bits per heavy atom. The fourth-order valence-corrected chi connectivity index (χ4v) is 3.23. The number of esters is 1. The third kappa shape index (κ3) is 4.21. The summed E-state index contributed by atoms with van der Waals surface area (Å²) in [7, 11) is 0. The smallest absolute Gasteiger partial charge is 0.474 e. The summed E-state index contributed by atoms with van der Waals surface area (Å²) in [4.78, 5) is 13.8. The highest BCUT2D eigenvalue weighted by molar-refractivity contribution is 5.75. The maximum absolute atomic E-state index is 12.9. The molecule has 1 aliphatic carbocycles. The van der Waals surface area contributed by atoms with E-state index in [9.17, 15) is 44.3 Å². The van der Waals surface area contributed by atoms with Crippen molar-refractivity contribution in [1.29, 1.82) is 0 Å². The molecule has 1 aromatic heterocycles. The van der Waals surface area contributed by atoms with Gasteiger partial charge in [-0.2, -0.15) is 39.5 Å². The molecule has 162 valence electrons. The Bertz CT molecular complexity index is 798. The van der Waals surface area contributed by atoms with Gasteiger partial charge in [0.15, 0.2) is 11.9 Å². The van der Waals surface area contributed by atoms with E-state index in [4.69, 9.17) is 4.74 Å². The molecule has 1 unspecified atom stereocenters. The molecule has 2 heterocycles. The molecule has 3 rings (SSSR count). The topological polar surface area (TPSA) is 60.5 Å². The molecule has 29 heavy (non-hydrogen) atoms. The summed E-state index contributed by atoms with van der Waals surface area (Å²) in [6.45, 7) is 0.177. The maximum Gasteiger partial charge on any atom is 0.490 e. The fourth-order valence-electron chi connectivity index (χ4n) is 3.23. The molecule has 0 amide bonds. The van der Waals surface area contributed by atoms with Crippen LogP contribution in [0.5, 0.6) is 5.88 Å². The normalized spacial score (nSPS) is 27.2. The second-order valence-electron chi connectivity index (χ2n) is 6.72. The first-order chi connectivity index (χ1) is 13.1.